The molecule has 2 N–H and O–H groups in total. The molecule has 0 aliphatic heterocycles. The van der Waals surface area contributed by atoms with Crippen LogP contribution in [-0.4, -0.2) is 59.8 Å². The van der Waals surface area contributed by atoms with Crippen LogP contribution in [0.15, 0.2) is 0 Å². The number of nitrogens with zero attached hydrogens (tertiary/aromatic N) is 1. The van der Waals surface area contributed by atoms with Gasteiger partial charge in [0.25, 0.3) is 0 Å². The summed E-state index contributed by atoms with van der Waals surface area (Å²) in [7, 11) is -4.61. The fraction of sp³-hybridized carbons (Fsp3) is 1.00. The van der Waals surface area contributed by atoms with Gasteiger partial charge < -0.3 is 19.7 Å². The van der Waals surface area contributed by atoms with Gasteiger partial charge in [0.2, 0.25) is 0 Å². The molecule has 0 aromatic rings. The summed E-state index contributed by atoms with van der Waals surface area (Å²) < 4.78 is 31.2. The SMILES string of the molecule is CCCN(CCO)CCC(O)S(=O)(=O)[O-]. The average molecular weight is 240 g/mol. The topological polar surface area (TPSA) is 101 Å². The first-order chi connectivity index (χ1) is 6.91. The molecule has 0 heterocycles. The zero-order valence-corrected chi connectivity index (χ0v) is 9.61. The smallest absolute Gasteiger partial charge is 0.144 e. The zero-order chi connectivity index (χ0) is 11.9. The van der Waals surface area contributed by atoms with E-state index in [0.717, 1.165) is 6.42 Å². The number of rotatable bonds is 8. The van der Waals surface area contributed by atoms with Crippen molar-refractivity contribution >= 4 is 10.1 Å². The van der Waals surface area contributed by atoms with E-state index in [1.54, 1.807) is 4.90 Å². The molecule has 0 fully saturated rings. The molecule has 6 nitrogen and oxygen atoms in total. The summed E-state index contributed by atoms with van der Waals surface area (Å²) in [5.41, 5.74) is -1.85. The molecule has 15 heavy (non-hydrogen) atoms. The summed E-state index contributed by atoms with van der Waals surface area (Å²) in [6, 6.07) is 0. The Morgan fingerprint density at radius 1 is 1.33 bits per heavy atom. The monoisotopic (exact) mass is 240 g/mol. The van der Waals surface area contributed by atoms with Crippen LogP contribution in [0.2, 0.25) is 0 Å². The Morgan fingerprint density at radius 2 is 1.93 bits per heavy atom. The molecular weight excluding hydrogens is 222 g/mol. The lowest BCUT2D eigenvalue weighted by molar-refractivity contribution is 0.162. The van der Waals surface area contributed by atoms with Gasteiger partial charge in [-0.3, -0.25) is 0 Å². The van der Waals surface area contributed by atoms with Gasteiger partial charge in [-0.1, -0.05) is 6.92 Å². The lowest BCUT2D eigenvalue weighted by atomic mass is 10.3. The third kappa shape index (κ3) is 6.80. The molecule has 0 bridgehead atoms. The van der Waals surface area contributed by atoms with Crippen molar-refractivity contribution in [2.45, 2.75) is 25.2 Å². The number of aliphatic hydroxyl groups is 2. The molecule has 1 atom stereocenters. The van der Waals surface area contributed by atoms with E-state index in [-0.39, 0.29) is 19.6 Å². The van der Waals surface area contributed by atoms with E-state index in [1.165, 1.54) is 0 Å². The van der Waals surface area contributed by atoms with Crippen LogP contribution in [0.3, 0.4) is 0 Å². The third-order valence-corrected chi connectivity index (χ3v) is 2.88. The van der Waals surface area contributed by atoms with E-state index >= 15 is 0 Å². The minimum absolute atomic E-state index is 0.0276. The van der Waals surface area contributed by atoms with Gasteiger partial charge in [0.15, 0.2) is 0 Å². The van der Waals surface area contributed by atoms with Crippen molar-refractivity contribution in [1.82, 2.24) is 4.90 Å². The number of hydrogen-bond donors (Lipinski definition) is 2. The number of aliphatic hydroxyl groups excluding tert-OH is 2. The van der Waals surface area contributed by atoms with Crippen LogP contribution in [0, 0.1) is 0 Å². The van der Waals surface area contributed by atoms with E-state index in [2.05, 4.69) is 0 Å². The number of hydrogen-bond acceptors (Lipinski definition) is 6. The van der Waals surface area contributed by atoms with E-state index in [4.69, 9.17) is 10.2 Å². The van der Waals surface area contributed by atoms with Crippen LogP contribution < -0.4 is 0 Å². The Morgan fingerprint density at radius 3 is 2.33 bits per heavy atom. The van der Waals surface area contributed by atoms with Crippen molar-refractivity contribution < 1.29 is 23.2 Å². The second kappa shape index (κ2) is 7.13. The first kappa shape index (κ1) is 14.8. The molecule has 0 aliphatic carbocycles. The van der Waals surface area contributed by atoms with Crippen LogP contribution in [-0.2, 0) is 10.1 Å². The summed E-state index contributed by atoms with van der Waals surface area (Å²) in [6.07, 6.45) is 0.742. The van der Waals surface area contributed by atoms with Crippen LogP contribution in [0.25, 0.3) is 0 Å². The molecule has 0 spiro atoms. The van der Waals surface area contributed by atoms with Crippen molar-refractivity contribution in [1.29, 1.82) is 0 Å². The molecule has 0 aliphatic rings. The maximum absolute atomic E-state index is 10.4. The van der Waals surface area contributed by atoms with E-state index in [9.17, 15) is 13.0 Å². The Kier molecular flexibility index (Phi) is 7.03. The molecule has 0 aromatic heterocycles. The van der Waals surface area contributed by atoms with Gasteiger partial charge in [-0.25, -0.2) is 8.42 Å². The second-order valence-electron chi connectivity index (χ2n) is 3.30. The lowest BCUT2D eigenvalue weighted by Crippen LogP contribution is -2.32. The lowest BCUT2D eigenvalue weighted by Gasteiger charge is -2.22. The zero-order valence-electron chi connectivity index (χ0n) is 8.79. The fourth-order valence-electron chi connectivity index (χ4n) is 1.23. The molecule has 0 aromatic carbocycles. The van der Waals surface area contributed by atoms with Crippen LogP contribution in [0.4, 0.5) is 0 Å². The Bertz CT molecular complexity index is 248. The molecule has 92 valence electrons. The molecule has 1 unspecified atom stereocenters. The highest BCUT2D eigenvalue weighted by molar-refractivity contribution is 7.86. The second-order valence-corrected chi connectivity index (χ2v) is 4.83. The van der Waals surface area contributed by atoms with Crippen molar-refractivity contribution in [2.75, 3.05) is 26.2 Å². The molecule has 0 radical (unpaired) electrons. The highest BCUT2D eigenvalue weighted by atomic mass is 32.2. The van der Waals surface area contributed by atoms with Crippen molar-refractivity contribution in [3.05, 3.63) is 0 Å². The minimum Gasteiger partial charge on any atom is -0.746 e. The van der Waals surface area contributed by atoms with Gasteiger partial charge >= 0.3 is 0 Å². The van der Waals surface area contributed by atoms with Crippen molar-refractivity contribution in [3.8, 4) is 0 Å². The summed E-state index contributed by atoms with van der Waals surface area (Å²) >= 11 is 0. The van der Waals surface area contributed by atoms with Gasteiger partial charge in [0, 0.05) is 13.1 Å². The van der Waals surface area contributed by atoms with Crippen molar-refractivity contribution in [3.63, 3.8) is 0 Å². The summed E-state index contributed by atoms with van der Waals surface area (Å²) in [5.74, 6) is 0. The molecule has 0 saturated carbocycles. The van der Waals surface area contributed by atoms with Crippen LogP contribution in [0.1, 0.15) is 19.8 Å². The molecule has 0 rings (SSSR count). The standard InChI is InChI=1S/C8H19NO5S/c1-2-4-9(6-7-10)5-3-8(11)15(12,13)14/h8,10-11H,2-7H2,1H3,(H,12,13,14)/p-1. The highest BCUT2D eigenvalue weighted by Crippen LogP contribution is 2.02. The Balaban J connectivity index is 3.98. The molecule has 0 amide bonds. The summed E-state index contributed by atoms with van der Waals surface area (Å²) in [6.45, 7) is 3.33. The van der Waals surface area contributed by atoms with Crippen molar-refractivity contribution in [2.24, 2.45) is 0 Å². The van der Waals surface area contributed by atoms with E-state index < -0.39 is 15.6 Å². The largest absolute Gasteiger partial charge is 0.746 e. The first-order valence-electron chi connectivity index (χ1n) is 4.87. The van der Waals surface area contributed by atoms with Gasteiger partial charge in [-0.2, -0.15) is 0 Å². The quantitative estimate of drug-likeness (QED) is 0.525. The Labute approximate surface area is 90.3 Å². The van der Waals surface area contributed by atoms with Gasteiger partial charge in [-0.15, -0.1) is 0 Å². The predicted octanol–water partition coefficient (Wildman–Crippen LogP) is -1.06. The molecular formula is C8H18NO5S-. The van der Waals surface area contributed by atoms with Gasteiger partial charge in [0.1, 0.15) is 15.6 Å². The van der Waals surface area contributed by atoms with E-state index in [0.29, 0.717) is 13.1 Å². The van der Waals surface area contributed by atoms with Crippen LogP contribution in [0.5, 0.6) is 0 Å². The predicted molar refractivity (Wildman–Crippen MR) is 54.1 cm³/mol. The molecule has 7 heteroatoms. The summed E-state index contributed by atoms with van der Waals surface area (Å²) in [5, 5.41) is 17.7. The summed E-state index contributed by atoms with van der Waals surface area (Å²) in [4.78, 5) is 1.80. The normalized spacial score (nSPS) is 14.5. The highest BCUT2D eigenvalue weighted by Gasteiger charge is 2.13. The maximum Gasteiger partial charge on any atom is 0.144 e. The van der Waals surface area contributed by atoms with Gasteiger partial charge in [-0.05, 0) is 19.4 Å². The van der Waals surface area contributed by atoms with Crippen LogP contribution >= 0.6 is 0 Å². The minimum atomic E-state index is -4.61. The van der Waals surface area contributed by atoms with E-state index in [1.807, 2.05) is 6.92 Å². The average Bonchev–Trinajstić information content (AvgIpc) is 2.12. The molecule has 0 saturated heterocycles. The fourth-order valence-corrected chi connectivity index (χ4v) is 1.62. The van der Waals surface area contributed by atoms with Gasteiger partial charge in [0.05, 0.1) is 6.61 Å². The Hall–Kier alpha value is -0.210. The maximum atomic E-state index is 10.4. The third-order valence-electron chi connectivity index (χ3n) is 1.98. The first-order valence-corrected chi connectivity index (χ1v) is 6.35.